The maximum absolute atomic E-state index is 12.8. The summed E-state index contributed by atoms with van der Waals surface area (Å²) in [7, 11) is 0. The molecule has 0 saturated carbocycles. The molecule has 10 heteroatoms. The lowest BCUT2D eigenvalue weighted by Crippen LogP contribution is -2.22. The quantitative estimate of drug-likeness (QED) is 0.467. The van der Waals surface area contributed by atoms with E-state index in [1.807, 2.05) is 0 Å². The Labute approximate surface area is 120 Å². The van der Waals surface area contributed by atoms with Crippen molar-refractivity contribution < 1.29 is 36.2 Å². The minimum Gasteiger partial charge on any atom is -0.462 e. The first kappa shape index (κ1) is 17.4. The number of aromatic nitrogens is 1. The van der Waals surface area contributed by atoms with Crippen molar-refractivity contribution in [1.29, 1.82) is 0 Å². The third-order valence-electron chi connectivity index (χ3n) is 2.20. The van der Waals surface area contributed by atoms with E-state index in [4.69, 9.17) is 11.6 Å². The number of hydrogen-bond acceptors (Lipinski definition) is 4. The Kier molecular flexibility index (Phi) is 5.70. The zero-order valence-electron chi connectivity index (χ0n) is 10.5. The Balaban J connectivity index is 3.52. The largest absolute Gasteiger partial charge is 0.573 e. The fraction of sp³-hybridized carbons (Fsp3) is 0.455. The molecule has 118 valence electrons. The zero-order chi connectivity index (χ0) is 16.2. The van der Waals surface area contributed by atoms with E-state index in [2.05, 4.69) is 14.5 Å². The van der Waals surface area contributed by atoms with Gasteiger partial charge in [-0.25, -0.2) is 13.6 Å². The number of alkyl halides is 6. The first-order chi connectivity index (χ1) is 9.71. The lowest BCUT2D eigenvalue weighted by molar-refractivity contribution is -0.275. The van der Waals surface area contributed by atoms with Crippen molar-refractivity contribution in [2.75, 3.05) is 6.61 Å². The molecule has 1 aromatic rings. The number of pyridine rings is 1. The van der Waals surface area contributed by atoms with Crippen molar-refractivity contribution in [3.63, 3.8) is 0 Å². The summed E-state index contributed by atoms with van der Waals surface area (Å²) in [4.78, 5) is 15.1. The van der Waals surface area contributed by atoms with Crippen molar-refractivity contribution in [2.24, 2.45) is 0 Å². The lowest BCUT2D eigenvalue weighted by atomic mass is 10.1. The summed E-state index contributed by atoms with van der Waals surface area (Å²) >= 11 is 5.46. The number of nitrogens with zero attached hydrogens (tertiary/aromatic N) is 1. The molecular weight excluding hydrogens is 325 g/mol. The third-order valence-corrected chi connectivity index (χ3v) is 2.45. The smallest absolute Gasteiger partial charge is 0.462 e. The molecule has 0 fully saturated rings. The number of hydrogen-bond donors (Lipinski definition) is 0. The van der Waals surface area contributed by atoms with Gasteiger partial charge in [-0.1, -0.05) is 0 Å². The lowest BCUT2D eigenvalue weighted by Gasteiger charge is -2.17. The molecule has 0 unspecified atom stereocenters. The number of rotatable bonds is 5. The van der Waals surface area contributed by atoms with Gasteiger partial charge in [0.2, 0.25) is 0 Å². The molecule has 0 N–H and O–H groups in total. The first-order valence-corrected chi connectivity index (χ1v) is 6.03. The monoisotopic (exact) mass is 333 g/mol. The number of esters is 1. The van der Waals surface area contributed by atoms with E-state index in [0.29, 0.717) is 6.20 Å². The van der Waals surface area contributed by atoms with Gasteiger partial charge in [0.05, 0.1) is 23.7 Å². The van der Waals surface area contributed by atoms with E-state index in [1.165, 1.54) is 6.92 Å². The number of carbonyl (C=O) groups excluding carboxylic acids is 1. The molecule has 0 aliphatic carbocycles. The predicted octanol–water partition coefficient (Wildman–Crippen LogP) is 3.83. The Bertz CT molecular complexity index is 521. The Hall–Kier alpha value is -1.64. The van der Waals surface area contributed by atoms with Crippen LogP contribution in [0, 0.1) is 0 Å². The van der Waals surface area contributed by atoms with Gasteiger partial charge in [-0.15, -0.1) is 24.8 Å². The average Bonchev–Trinajstić information content (AvgIpc) is 2.35. The van der Waals surface area contributed by atoms with Gasteiger partial charge in [0.1, 0.15) is 5.56 Å². The molecule has 0 bridgehead atoms. The Morgan fingerprint density at radius 3 is 2.48 bits per heavy atom. The fourth-order valence-electron chi connectivity index (χ4n) is 1.44. The average molecular weight is 334 g/mol. The Morgan fingerprint density at radius 2 is 2.05 bits per heavy atom. The van der Waals surface area contributed by atoms with Crippen LogP contribution in [0.15, 0.2) is 6.20 Å². The van der Waals surface area contributed by atoms with Crippen molar-refractivity contribution in [1.82, 2.24) is 4.98 Å². The highest BCUT2D eigenvalue weighted by molar-refractivity contribution is 6.17. The second-order valence-corrected chi connectivity index (χ2v) is 3.83. The van der Waals surface area contributed by atoms with Crippen LogP contribution in [-0.4, -0.2) is 23.9 Å². The molecule has 0 aliphatic rings. The van der Waals surface area contributed by atoms with E-state index in [0.717, 1.165) is 0 Å². The summed E-state index contributed by atoms with van der Waals surface area (Å²) in [5.41, 5.74) is -2.38. The number of carbonyl (C=O) groups is 1. The van der Waals surface area contributed by atoms with E-state index in [-0.39, 0.29) is 12.3 Å². The van der Waals surface area contributed by atoms with Gasteiger partial charge in [0.25, 0.3) is 6.43 Å². The van der Waals surface area contributed by atoms with E-state index in [1.54, 1.807) is 0 Å². The molecule has 1 heterocycles. The second kappa shape index (κ2) is 6.88. The van der Waals surface area contributed by atoms with Crippen LogP contribution >= 0.6 is 11.6 Å². The molecule has 0 atom stereocenters. The SMILES string of the molecule is CCOC(=O)c1c(CCl)ncc(C(F)F)c1OC(F)(F)F. The van der Waals surface area contributed by atoms with Gasteiger partial charge in [0, 0.05) is 6.20 Å². The molecule has 21 heavy (non-hydrogen) atoms. The minimum absolute atomic E-state index is 0.176. The second-order valence-electron chi connectivity index (χ2n) is 3.57. The molecule has 0 radical (unpaired) electrons. The molecule has 1 rings (SSSR count). The third kappa shape index (κ3) is 4.42. The van der Waals surface area contributed by atoms with Crippen LogP contribution in [0.5, 0.6) is 5.75 Å². The normalized spacial score (nSPS) is 11.6. The van der Waals surface area contributed by atoms with E-state index < -0.39 is 41.5 Å². The summed E-state index contributed by atoms with van der Waals surface area (Å²) in [6, 6.07) is 0. The molecular formula is C11H9ClF5NO3. The summed E-state index contributed by atoms with van der Waals surface area (Å²) in [6.07, 6.45) is -8.12. The van der Waals surface area contributed by atoms with E-state index in [9.17, 15) is 26.7 Å². The van der Waals surface area contributed by atoms with Gasteiger partial charge in [0.15, 0.2) is 5.75 Å². The van der Waals surface area contributed by atoms with Gasteiger partial charge in [-0.05, 0) is 6.92 Å². The highest BCUT2D eigenvalue weighted by atomic mass is 35.5. The van der Waals surface area contributed by atoms with Crippen LogP contribution < -0.4 is 4.74 Å². The Morgan fingerprint density at radius 1 is 1.43 bits per heavy atom. The summed E-state index contributed by atoms with van der Waals surface area (Å²) in [5.74, 6) is -3.10. The molecule has 4 nitrogen and oxygen atoms in total. The standard InChI is InChI=1S/C11H9ClF5NO3/c1-2-20-10(19)7-6(3-12)18-4-5(9(13)14)8(7)21-11(15,16)17/h4,9H,2-3H2,1H3. The van der Waals surface area contributed by atoms with Crippen molar-refractivity contribution in [2.45, 2.75) is 25.6 Å². The molecule has 0 saturated heterocycles. The van der Waals surface area contributed by atoms with Crippen molar-refractivity contribution >= 4 is 17.6 Å². The minimum atomic E-state index is -5.27. The number of halogens is 6. The maximum atomic E-state index is 12.8. The summed E-state index contributed by atoms with van der Waals surface area (Å²) < 4.78 is 70.8. The molecule has 0 spiro atoms. The number of ether oxygens (including phenoxy) is 2. The zero-order valence-corrected chi connectivity index (χ0v) is 11.3. The van der Waals surface area contributed by atoms with Crippen molar-refractivity contribution in [3.8, 4) is 5.75 Å². The van der Waals surface area contributed by atoms with Crippen LogP contribution in [0.25, 0.3) is 0 Å². The van der Waals surface area contributed by atoms with Gasteiger partial charge in [-0.3, -0.25) is 4.98 Å². The highest BCUT2D eigenvalue weighted by Gasteiger charge is 2.37. The first-order valence-electron chi connectivity index (χ1n) is 5.50. The van der Waals surface area contributed by atoms with Crippen LogP contribution in [0.1, 0.15) is 35.0 Å². The van der Waals surface area contributed by atoms with Crippen molar-refractivity contribution in [3.05, 3.63) is 23.0 Å². The van der Waals surface area contributed by atoms with E-state index >= 15 is 0 Å². The van der Waals surface area contributed by atoms with Crippen LogP contribution in [-0.2, 0) is 10.6 Å². The predicted molar refractivity (Wildman–Crippen MR) is 61.4 cm³/mol. The highest BCUT2D eigenvalue weighted by Crippen LogP contribution is 2.37. The molecule has 0 aliphatic heterocycles. The van der Waals surface area contributed by atoms with Gasteiger partial charge >= 0.3 is 12.3 Å². The molecule has 1 aromatic heterocycles. The van der Waals surface area contributed by atoms with Crippen LogP contribution in [0.2, 0.25) is 0 Å². The molecule has 0 aromatic carbocycles. The van der Waals surface area contributed by atoms with Gasteiger partial charge in [-0.2, -0.15) is 0 Å². The summed E-state index contributed by atoms with van der Waals surface area (Å²) in [6.45, 7) is 1.22. The van der Waals surface area contributed by atoms with Crippen LogP contribution in [0.3, 0.4) is 0 Å². The fourth-order valence-corrected chi connectivity index (χ4v) is 1.64. The molecule has 0 amide bonds. The topological polar surface area (TPSA) is 48.4 Å². The maximum Gasteiger partial charge on any atom is 0.573 e. The summed E-state index contributed by atoms with van der Waals surface area (Å²) in [5, 5.41) is 0. The van der Waals surface area contributed by atoms with Crippen LogP contribution in [0.4, 0.5) is 22.0 Å². The van der Waals surface area contributed by atoms with Gasteiger partial charge < -0.3 is 9.47 Å².